The van der Waals surface area contributed by atoms with Crippen molar-refractivity contribution >= 4 is 34.5 Å². The number of hydrogen-bond donors (Lipinski definition) is 2. The van der Waals surface area contributed by atoms with Gasteiger partial charge in [-0.15, -0.1) is 12.6 Å². The molecule has 6 heteroatoms. The van der Waals surface area contributed by atoms with Crippen LogP contribution in [0.2, 0.25) is 0 Å². The molecular weight excluding hydrogens is 326 g/mol. The van der Waals surface area contributed by atoms with E-state index in [1.54, 1.807) is 24.4 Å². The predicted molar refractivity (Wildman–Crippen MR) is 79.3 cm³/mol. The average Bonchev–Trinajstić information content (AvgIpc) is 2.39. The number of halogens is 1. The SMILES string of the molecule is Cc1nccc(CNC(=O)c2cc(S)ccc2Br)n1. The molecule has 1 N–H and O–H groups in total. The third kappa shape index (κ3) is 3.78. The molecule has 1 aromatic heterocycles. The minimum atomic E-state index is -0.168. The number of rotatable bonds is 3. The van der Waals surface area contributed by atoms with Gasteiger partial charge in [0, 0.05) is 15.6 Å². The van der Waals surface area contributed by atoms with Crippen LogP contribution in [-0.2, 0) is 6.54 Å². The topological polar surface area (TPSA) is 54.9 Å². The van der Waals surface area contributed by atoms with Gasteiger partial charge >= 0.3 is 0 Å². The molecule has 0 atom stereocenters. The molecule has 0 saturated carbocycles. The van der Waals surface area contributed by atoms with E-state index in [0.29, 0.717) is 17.9 Å². The quantitative estimate of drug-likeness (QED) is 0.846. The lowest BCUT2D eigenvalue weighted by atomic mass is 10.2. The van der Waals surface area contributed by atoms with Gasteiger partial charge in [0.2, 0.25) is 0 Å². The first-order chi connectivity index (χ1) is 9.06. The standard InChI is InChI=1S/C13H12BrN3OS/c1-8-15-5-4-9(17-8)7-16-13(18)11-6-10(19)2-3-12(11)14/h2-6,19H,7H2,1H3,(H,16,18). The number of aryl methyl sites for hydroxylation is 1. The summed E-state index contributed by atoms with van der Waals surface area (Å²) in [5.74, 6) is 0.518. The number of carbonyl (C=O) groups excluding carboxylic acids is 1. The van der Waals surface area contributed by atoms with Crippen LogP contribution in [0.5, 0.6) is 0 Å². The molecule has 1 aromatic carbocycles. The van der Waals surface area contributed by atoms with E-state index >= 15 is 0 Å². The fourth-order valence-corrected chi connectivity index (χ4v) is 2.19. The van der Waals surface area contributed by atoms with Gasteiger partial charge in [-0.25, -0.2) is 9.97 Å². The molecule has 1 amide bonds. The van der Waals surface area contributed by atoms with Crippen LogP contribution in [0, 0.1) is 6.92 Å². The molecule has 0 unspecified atom stereocenters. The van der Waals surface area contributed by atoms with Crippen molar-refractivity contribution in [2.24, 2.45) is 0 Å². The van der Waals surface area contributed by atoms with Crippen LogP contribution < -0.4 is 5.32 Å². The summed E-state index contributed by atoms with van der Waals surface area (Å²) < 4.78 is 0.738. The number of carbonyl (C=O) groups is 1. The van der Waals surface area contributed by atoms with Crippen molar-refractivity contribution in [2.45, 2.75) is 18.4 Å². The molecule has 0 radical (unpaired) electrons. The van der Waals surface area contributed by atoms with E-state index in [1.165, 1.54) is 0 Å². The molecule has 0 aliphatic heterocycles. The summed E-state index contributed by atoms with van der Waals surface area (Å²) in [5, 5.41) is 2.82. The van der Waals surface area contributed by atoms with Gasteiger partial charge in [0.15, 0.2) is 0 Å². The summed E-state index contributed by atoms with van der Waals surface area (Å²) in [6.07, 6.45) is 1.67. The fourth-order valence-electron chi connectivity index (χ4n) is 1.56. The highest BCUT2D eigenvalue weighted by Crippen LogP contribution is 2.20. The molecule has 19 heavy (non-hydrogen) atoms. The van der Waals surface area contributed by atoms with Crippen molar-refractivity contribution in [3.63, 3.8) is 0 Å². The molecule has 2 aromatic rings. The third-order valence-electron chi connectivity index (χ3n) is 2.46. The van der Waals surface area contributed by atoms with Crippen LogP contribution in [-0.4, -0.2) is 15.9 Å². The number of nitrogens with one attached hydrogen (secondary N) is 1. The van der Waals surface area contributed by atoms with Gasteiger partial charge in [0.1, 0.15) is 5.82 Å². The Morgan fingerprint density at radius 2 is 2.21 bits per heavy atom. The number of amides is 1. The Bertz CT molecular complexity index is 619. The summed E-state index contributed by atoms with van der Waals surface area (Å²) in [4.78, 5) is 21.0. The Hall–Kier alpha value is -1.40. The molecule has 0 aliphatic carbocycles. The Morgan fingerprint density at radius 1 is 1.42 bits per heavy atom. The number of nitrogens with zero attached hydrogens (tertiary/aromatic N) is 2. The minimum Gasteiger partial charge on any atom is -0.346 e. The van der Waals surface area contributed by atoms with Crippen LogP contribution in [0.25, 0.3) is 0 Å². The first kappa shape index (κ1) is 14.0. The molecule has 0 aliphatic rings. The maximum absolute atomic E-state index is 12.1. The van der Waals surface area contributed by atoms with E-state index < -0.39 is 0 Å². The summed E-state index contributed by atoms with van der Waals surface area (Å²) in [6, 6.07) is 7.11. The number of aromatic nitrogens is 2. The van der Waals surface area contributed by atoms with Gasteiger partial charge in [-0.1, -0.05) is 0 Å². The first-order valence-corrected chi connectivity index (χ1v) is 6.85. The molecule has 0 spiro atoms. The van der Waals surface area contributed by atoms with Crippen molar-refractivity contribution < 1.29 is 4.79 Å². The summed E-state index contributed by atoms with van der Waals surface area (Å²) >= 11 is 7.57. The number of thiol groups is 1. The van der Waals surface area contributed by atoms with E-state index in [0.717, 1.165) is 15.1 Å². The van der Waals surface area contributed by atoms with Crippen LogP contribution >= 0.6 is 28.6 Å². The van der Waals surface area contributed by atoms with E-state index in [2.05, 4.69) is 43.8 Å². The van der Waals surface area contributed by atoms with Crippen LogP contribution in [0.15, 0.2) is 39.8 Å². The Kier molecular flexibility index (Phi) is 4.55. The predicted octanol–water partition coefficient (Wildman–Crippen LogP) is 2.77. The van der Waals surface area contributed by atoms with Crippen molar-refractivity contribution in [3.05, 3.63) is 52.0 Å². The summed E-state index contributed by atoms with van der Waals surface area (Å²) in [7, 11) is 0. The molecule has 0 bridgehead atoms. The van der Waals surface area contributed by atoms with Crippen molar-refractivity contribution in [3.8, 4) is 0 Å². The second kappa shape index (κ2) is 6.16. The zero-order valence-electron chi connectivity index (χ0n) is 10.2. The second-order valence-corrected chi connectivity index (χ2v) is 5.31. The van der Waals surface area contributed by atoms with Gasteiger partial charge < -0.3 is 5.32 Å². The minimum absolute atomic E-state index is 0.168. The fraction of sp³-hybridized carbons (Fsp3) is 0.154. The largest absolute Gasteiger partial charge is 0.346 e. The smallest absolute Gasteiger partial charge is 0.252 e. The lowest BCUT2D eigenvalue weighted by Crippen LogP contribution is -2.23. The van der Waals surface area contributed by atoms with E-state index in [1.807, 2.05) is 13.0 Å². The van der Waals surface area contributed by atoms with E-state index in [-0.39, 0.29) is 5.91 Å². The molecule has 0 fully saturated rings. The Labute approximate surface area is 125 Å². The summed E-state index contributed by atoms with van der Waals surface area (Å²) in [6.45, 7) is 2.18. The maximum Gasteiger partial charge on any atom is 0.252 e. The van der Waals surface area contributed by atoms with E-state index in [4.69, 9.17) is 0 Å². The number of benzene rings is 1. The Morgan fingerprint density at radius 3 is 2.95 bits per heavy atom. The van der Waals surface area contributed by atoms with Gasteiger partial charge in [0.05, 0.1) is 17.8 Å². The van der Waals surface area contributed by atoms with Gasteiger partial charge in [0.25, 0.3) is 5.91 Å². The summed E-state index contributed by atoms with van der Waals surface area (Å²) in [5.41, 5.74) is 1.33. The van der Waals surface area contributed by atoms with Crippen LogP contribution in [0.4, 0.5) is 0 Å². The second-order valence-electron chi connectivity index (χ2n) is 3.94. The van der Waals surface area contributed by atoms with Crippen LogP contribution in [0.1, 0.15) is 21.9 Å². The van der Waals surface area contributed by atoms with Crippen molar-refractivity contribution in [1.29, 1.82) is 0 Å². The highest BCUT2D eigenvalue weighted by Gasteiger charge is 2.10. The zero-order valence-corrected chi connectivity index (χ0v) is 12.7. The van der Waals surface area contributed by atoms with Crippen molar-refractivity contribution in [1.82, 2.24) is 15.3 Å². The highest BCUT2D eigenvalue weighted by molar-refractivity contribution is 9.10. The molecule has 1 heterocycles. The monoisotopic (exact) mass is 337 g/mol. The lowest BCUT2D eigenvalue weighted by Gasteiger charge is -2.07. The average molecular weight is 338 g/mol. The van der Waals surface area contributed by atoms with Crippen molar-refractivity contribution in [2.75, 3.05) is 0 Å². The number of hydrogen-bond acceptors (Lipinski definition) is 4. The third-order valence-corrected chi connectivity index (χ3v) is 3.43. The normalized spacial score (nSPS) is 10.3. The van der Waals surface area contributed by atoms with Gasteiger partial charge in [-0.05, 0) is 47.1 Å². The zero-order chi connectivity index (χ0) is 13.8. The van der Waals surface area contributed by atoms with Gasteiger partial charge in [-0.2, -0.15) is 0 Å². The molecule has 4 nitrogen and oxygen atoms in total. The maximum atomic E-state index is 12.1. The van der Waals surface area contributed by atoms with E-state index in [9.17, 15) is 4.79 Å². The first-order valence-electron chi connectivity index (χ1n) is 5.61. The van der Waals surface area contributed by atoms with Crippen LogP contribution in [0.3, 0.4) is 0 Å². The molecule has 98 valence electrons. The highest BCUT2D eigenvalue weighted by atomic mass is 79.9. The van der Waals surface area contributed by atoms with Gasteiger partial charge in [-0.3, -0.25) is 4.79 Å². The molecule has 2 rings (SSSR count). The Balaban J connectivity index is 2.07. The molecule has 0 saturated heterocycles. The lowest BCUT2D eigenvalue weighted by molar-refractivity contribution is 0.0949. The molecular formula is C13H12BrN3OS.